The topological polar surface area (TPSA) is 269 Å². The number of aromatic nitrogens is 10. The van der Waals surface area contributed by atoms with E-state index in [-0.39, 0.29) is 40.4 Å². The molecule has 5 aromatic carbocycles. The molecule has 2 aliphatic rings. The zero-order chi connectivity index (χ0) is 56.8. The smallest absolute Gasteiger partial charge is 0.321 e. The number of aliphatic hydroxyl groups is 3. The Balaban J connectivity index is 0.000000146. The molecule has 21 nitrogen and oxygen atoms in total. The van der Waals surface area contributed by atoms with Crippen molar-refractivity contribution in [2.24, 2.45) is 0 Å². The number of carbonyl (C=O) groups excluding carboxylic acids is 2. The number of methoxy groups -OCH3 is 2. The summed E-state index contributed by atoms with van der Waals surface area (Å²) in [7, 11) is 3.31. The number of rotatable bonds is 13. The Kier molecular flexibility index (Phi) is 16.7. The molecule has 2 saturated heterocycles. The van der Waals surface area contributed by atoms with Gasteiger partial charge in [0.05, 0.1) is 26.9 Å². The van der Waals surface area contributed by atoms with Crippen LogP contribution in [0.25, 0.3) is 22.3 Å². The van der Waals surface area contributed by atoms with Crippen molar-refractivity contribution in [2.45, 2.75) is 66.9 Å². The lowest BCUT2D eigenvalue weighted by atomic mass is 9.84. The summed E-state index contributed by atoms with van der Waals surface area (Å²) in [5.74, 6) is -6.63. The van der Waals surface area contributed by atoms with Gasteiger partial charge in [-0.1, -0.05) is 108 Å². The lowest BCUT2D eigenvalue weighted by Crippen LogP contribution is -2.39. The average Bonchev–Trinajstić information content (AvgIpc) is 4.26. The van der Waals surface area contributed by atoms with Crippen molar-refractivity contribution < 1.29 is 61.4 Å². The van der Waals surface area contributed by atoms with E-state index in [1.165, 1.54) is 0 Å². The molecule has 9 aromatic rings. The van der Waals surface area contributed by atoms with Crippen molar-refractivity contribution in [1.29, 1.82) is 0 Å². The molecule has 0 saturated carbocycles. The lowest BCUT2D eigenvalue weighted by molar-refractivity contribution is -0.142. The van der Waals surface area contributed by atoms with Crippen LogP contribution in [0.2, 0.25) is 0 Å². The van der Waals surface area contributed by atoms with Crippen LogP contribution in [0.5, 0.6) is 11.5 Å². The predicted molar refractivity (Wildman–Crippen MR) is 280 cm³/mol. The lowest BCUT2D eigenvalue weighted by Gasteiger charge is -2.29. The maximum absolute atomic E-state index is 14.5. The molecule has 4 aromatic heterocycles. The van der Waals surface area contributed by atoms with Crippen LogP contribution in [0.15, 0.2) is 152 Å². The summed E-state index contributed by atoms with van der Waals surface area (Å²) in [6, 6.07) is 42.5. The molecule has 0 radical (unpaired) electrons. The number of alkyl halides is 5. The molecule has 2 fully saturated rings. The summed E-state index contributed by atoms with van der Waals surface area (Å²) in [5, 5.41) is 48.7. The van der Waals surface area contributed by atoms with Gasteiger partial charge in [-0.3, -0.25) is 9.59 Å². The molecule has 11 rings (SSSR count). The number of benzene rings is 5. The first-order valence-corrected chi connectivity index (χ1v) is 24.8. The SMILES string of the molecule is CC[C@H]1O[C@@H](n2nnc3c(NC(=O)c4ccccc4)ncnc32)C(F)(F)[C@@H]1O.COc1ccc(C(Cl)(c2ccccc2)c2ccc(OC)cc2)cc1.O=C(Nc1ncnc2c1nnn2[C@@H]1O[C@H](CO)[C@@H](O)C1(F)F)c1ccccc1. The highest BCUT2D eigenvalue weighted by atomic mass is 35.5. The second kappa shape index (κ2) is 23.8. The van der Waals surface area contributed by atoms with E-state index in [9.17, 15) is 37.4 Å². The Morgan fingerprint density at radius 1 is 0.600 bits per heavy atom. The Morgan fingerprint density at radius 3 is 1.34 bits per heavy atom. The van der Waals surface area contributed by atoms with Crippen LogP contribution < -0.4 is 20.1 Å². The number of halogens is 5. The van der Waals surface area contributed by atoms with Crippen LogP contribution in [0, 0.1) is 0 Å². The van der Waals surface area contributed by atoms with Crippen LogP contribution in [-0.4, -0.2) is 134 Å². The molecule has 0 aliphatic carbocycles. The number of anilines is 2. The van der Waals surface area contributed by atoms with Crippen LogP contribution >= 0.6 is 11.6 Å². The van der Waals surface area contributed by atoms with E-state index in [4.69, 9.17) is 35.7 Å². The van der Waals surface area contributed by atoms with Crippen LogP contribution in [0.4, 0.5) is 29.2 Å². The number of amides is 2. The summed E-state index contributed by atoms with van der Waals surface area (Å²) in [6.45, 7) is 0.832. The molecule has 80 heavy (non-hydrogen) atoms. The van der Waals surface area contributed by atoms with Gasteiger partial charge in [0.25, 0.3) is 11.8 Å². The second-order valence-electron chi connectivity index (χ2n) is 17.9. The normalized spacial score (nSPS) is 20.0. The van der Waals surface area contributed by atoms with E-state index >= 15 is 0 Å². The van der Waals surface area contributed by atoms with Crippen molar-refractivity contribution >= 4 is 57.4 Å². The van der Waals surface area contributed by atoms with Gasteiger partial charge in [0, 0.05) is 11.1 Å². The Morgan fingerprint density at radius 2 is 0.975 bits per heavy atom. The minimum Gasteiger partial charge on any atom is -0.497 e. The van der Waals surface area contributed by atoms with Gasteiger partial charge < -0.3 is 44.9 Å². The number of aliphatic hydroxyl groups excluding tert-OH is 3. The summed E-state index contributed by atoms with van der Waals surface area (Å²) >= 11 is 7.22. The molecule has 2 amide bonds. The third-order valence-electron chi connectivity index (χ3n) is 13.0. The average molecular weight is 1120 g/mol. The van der Waals surface area contributed by atoms with E-state index in [0.29, 0.717) is 15.8 Å². The van der Waals surface area contributed by atoms with E-state index in [2.05, 4.69) is 51.2 Å². The van der Waals surface area contributed by atoms with Crippen LogP contribution in [0.1, 0.15) is 63.2 Å². The quantitative estimate of drug-likeness (QED) is 0.0428. The maximum Gasteiger partial charge on any atom is 0.321 e. The fourth-order valence-corrected chi connectivity index (χ4v) is 9.11. The molecular formula is C54H49ClF4N12O9. The number of hydrogen-bond acceptors (Lipinski definition) is 17. The van der Waals surface area contributed by atoms with E-state index < -0.39 is 72.0 Å². The third-order valence-corrected chi connectivity index (χ3v) is 13.6. The molecular weight excluding hydrogens is 1070 g/mol. The Bertz CT molecular complexity index is 3350. The Hall–Kier alpha value is -8.59. The number of ether oxygens (including phenoxy) is 4. The second-order valence-corrected chi connectivity index (χ2v) is 18.4. The van der Waals surface area contributed by atoms with Gasteiger partial charge in [0.1, 0.15) is 41.2 Å². The third kappa shape index (κ3) is 11.1. The highest BCUT2D eigenvalue weighted by Crippen LogP contribution is 2.46. The summed E-state index contributed by atoms with van der Waals surface area (Å²) < 4.78 is 80.1. The molecule has 0 unspecified atom stereocenters. The van der Waals surface area contributed by atoms with Crippen molar-refractivity contribution in [3.63, 3.8) is 0 Å². The van der Waals surface area contributed by atoms with Gasteiger partial charge in [0.15, 0.2) is 40.1 Å². The first kappa shape index (κ1) is 56.1. The minimum absolute atomic E-state index is 0.0225. The minimum atomic E-state index is -3.74. The molecule has 6 atom stereocenters. The van der Waals surface area contributed by atoms with Gasteiger partial charge in [-0.15, -0.1) is 21.8 Å². The van der Waals surface area contributed by atoms with Gasteiger partial charge in [-0.2, -0.15) is 26.9 Å². The monoisotopic (exact) mass is 1120 g/mol. The number of nitrogens with zero attached hydrogens (tertiary/aromatic N) is 10. The zero-order valence-corrected chi connectivity index (χ0v) is 43.2. The predicted octanol–water partition coefficient (Wildman–Crippen LogP) is 7.37. The van der Waals surface area contributed by atoms with Crippen molar-refractivity contribution in [1.82, 2.24) is 49.9 Å². The van der Waals surface area contributed by atoms with E-state index in [0.717, 1.165) is 45.5 Å². The van der Waals surface area contributed by atoms with Crippen LogP contribution in [-0.2, 0) is 14.3 Å². The maximum atomic E-state index is 14.5. The van der Waals surface area contributed by atoms with E-state index in [1.807, 2.05) is 78.9 Å². The Labute approximate surface area is 457 Å². The molecule has 5 N–H and O–H groups in total. The first-order valence-electron chi connectivity index (χ1n) is 24.5. The van der Waals surface area contributed by atoms with Crippen LogP contribution in [0.3, 0.4) is 0 Å². The standard InChI is InChI=1S/C21H19ClO2.C17H16F2N6O3.C16H14F2N6O4/c1-23-19-12-8-17(9-13-19)21(22,16-6-4-3-5-7-16)18-10-14-20(24-2)15-11-18;1-2-10-12(26)17(18,19)16(28-10)25-14-11(23-24-25)13(20-8-21-14)22-15(27)9-6-4-3-5-7-9;17-16(18)11(26)9(6-25)28-15(16)24-13-10(22-23-24)12(19-7-20-13)21-14(27)8-4-2-1-3-5-8/h3-15H,1-2H3;3-8,10,12,16,26H,2H2,1H3,(H,20,21,22,27);1-5,7,9,11,15,25-26H,6H2,(H,19,20,21,27)/t;10-,12-,16-;9-,11-,15-/m.11/s1. The van der Waals surface area contributed by atoms with Gasteiger partial charge in [0.2, 0.25) is 12.5 Å². The number of carbonyl (C=O) groups is 2. The van der Waals surface area contributed by atoms with Crippen molar-refractivity contribution in [3.8, 4) is 11.5 Å². The fraction of sp³-hybridized carbons (Fsp3) is 0.259. The number of hydrogen-bond donors (Lipinski definition) is 5. The number of fused-ring (bicyclic) bond motifs is 2. The van der Waals surface area contributed by atoms with Gasteiger partial charge in [-0.25, -0.2) is 19.9 Å². The van der Waals surface area contributed by atoms with Gasteiger partial charge >= 0.3 is 11.8 Å². The zero-order valence-electron chi connectivity index (χ0n) is 42.5. The molecule has 2 aliphatic heterocycles. The van der Waals surface area contributed by atoms with Crippen molar-refractivity contribution in [3.05, 3.63) is 180 Å². The summed E-state index contributed by atoms with van der Waals surface area (Å²) in [6.07, 6.45) is -8.27. The highest BCUT2D eigenvalue weighted by Gasteiger charge is 2.61. The summed E-state index contributed by atoms with van der Waals surface area (Å²) in [5.41, 5.74) is 3.56. The number of nitrogens with one attached hydrogen (secondary N) is 2. The molecule has 0 bridgehead atoms. The van der Waals surface area contributed by atoms with Gasteiger partial charge in [-0.05, 0) is 71.6 Å². The largest absolute Gasteiger partial charge is 0.497 e. The molecule has 26 heteroatoms. The highest BCUT2D eigenvalue weighted by molar-refractivity contribution is 6.28. The summed E-state index contributed by atoms with van der Waals surface area (Å²) in [4.78, 5) is 39.6. The van der Waals surface area contributed by atoms with E-state index in [1.54, 1.807) is 81.8 Å². The first-order chi connectivity index (χ1) is 38.5. The fourth-order valence-electron chi connectivity index (χ4n) is 8.73. The van der Waals surface area contributed by atoms with Crippen molar-refractivity contribution in [2.75, 3.05) is 31.5 Å². The molecule has 0 spiro atoms. The molecule has 6 heterocycles. The molecule has 414 valence electrons.